The van der Waals surface area contributed by atoms with Crippen molar-refractivity contribution in [3.05, 3.63) is 0 Å². The fourth-order valence-electron chi connectivity index (χ4n) is 0.604. The van der Waals surface area contributed by atoms with Crippen LogP contribution in [-0.2, 0) is 4.79 Å². The van der Waals surface area contributed by atoms with Gasteiger partial charge < -0.3 is 10.6 Å². The first-order chi connectivity index (χ1) is 4.41. The number of carbonyl (C=O) groups excluding carboxylic acids is 1. The van der Waals surface area contributed by atoms with Gasteiger partial charge in [0.1, 0.15) is 0 Å². The monoisotopic (exact) mass is 129 g/mol. The Hall–Kier alpha value is -0.700. The van der Waals surface area contributed by atoms with E-state index in [2.05, 4.69) is 10.6 Å². The first-order valence-corrected chi connectivity index (χ1v) is 2.87. The van der Waals surface area contributed by atoms with E-state index < -0.39 is 0 Å². The molecule has 0 unspecified atom stereocenters. The van der Waals surface area contributed by atoms with Crippen molar-refractivity contribution in [2.45, 2.75) is 0 Å². The maximum atomic E-state index is 8.35. The summed E-state index contributed by atoms with van der Waals surface area (Å²) in [5.74, 6) is 0. The average molecular weight is 129 g/mol. The van der Waals surface area contributed by atoms with E-state index in [1.165, 1.54) is 0 Å². The second kappa shape index (κ2) is 7.30. The van der Waals surface area contributed by atoms with Crippen LogP contribution in [0.2, 0.25) is 0 Å². The van der Waals surface area contributed by atoms with Gasteiger partial charge in [-0.05, 0) is 0 Å². The van der Waals surface area contributed by atoms with Crippen molar-refractivity contribution in [3.8, 4) is 0 Å². The van der Waals surface area contributed by atoms with Crippen molar-refractivity contribution in [2.24, 2.45) is 0 Å². The summed E-state index contributed by atoms with van der Waals surface area (Å²) in [4.78, 5) is 8.35. The molecule has 0 spiro atoms. The predicted octanol–water partition coefficient (Wildman–Crippen LogP) is -0.920. The molecule has 1 rings (SSSR count). The van der Waals surface area contributed by atoms with Crippen LogP contribution in [0.5, 0.6) is 0 Å². The first-order valence-electron chi connectivity index (χ1n) is 2.87. The molecular weight excluding hydrogens is 118 g/mol. The lowest BCUT2D eigenvalue weighted by Gasteiger charge is -2.11. The Morgan fingerprint density at radius 2 is 1.33 bits per heavy atom. The number of piperazine rings is 1. The van der Waals surface area contributed by atoms with Crippen molar-refractivity contribution in [1.82, 2.24) is 10.6 Å². The number of hydrogen-bond acceptors (Lipinski definition) is 4. The largest absolute Gasteiger partial charge is 0.314 e. The molecule has 1 aliphatic rings. The van der Waals surface area contributed by atoms with Crippen molar-refractivity contribution >= 4 is 6.08 Å². The van der Waals surface area contributed by atoms with Crippen LogP contribution in [0.4, 0.5) is 0 Å². The maximum absolute atomic E-state index is 8.35. The van der Waals surface area contributed by atoms with E-state index in [9.17, 15) is 0 Å². The number of hydrogen-bond donors (Lipinski definition) is 3. The molecule has 1 saturated heterocycles. The Balaban J connectivity index is 0.000000187. The van der Waals surface area contributed by atoms with Gasteiger partial charge in [0, 0.05) is 26.2 Å². The summed E-state index contributed by atoms with van der Waals surface area (Å²) in [6.45, 7) is 4.56. The highest BCUT2D eigenvalue weighted by molar-refractivity contribution is 5.26. The van der Waals surface area contributed by atoms with E-state index in [1.54, 1.807) is 0 Å². The van der Waals surface area contributed by atoms with Crippen molar-refractivity contribution < 1.29 is 4.79 Å². The van der Waals surface area contributed by atoms with Gasteiger partial charge in [-0.15, -0.1) is 0 Å². The van der Waals surface area contributed by atoms with Gasteiger partial charge in [0.25, 0.3) is 0 Å². The van der Waals surface area contributed by atoms with Gasteiger partial charge in [0.15, 0.2) is 0 Å². The molecule has 9 heavy (non-hydrogen) atoms. The minimum absolute atomic E-state index is 0.750. The zero-order valence-corrected chi connectivity index (χ0v) is 5.24. The number of nitrogens with one attached hydrogen (secondary N) is 3. The highest BCUT2D eigenvalue weighted by Gasteiger charge is 1.91. The highest BCUT2D eigenvalue weighted by atomic mass is 16.1. The molecular formula is C5H11N3O. The zero-order chi connectivity index (χ0) is 6.95. The van der Waals surface area contributed by atoms with Gasteiger partial charge >= 0.3 is 0 Å². The third-order valence-corrected chi connectivity index (χ3v) is 0.957. The minimum Gasteiger partial charge on any atom is -0.314 e. The lowest BCUT2D eigenvalue weighted by molar-refractivity contribution is 0.534. The van der Waals surface area contributed by atoms with Crippen LogP contribution in [0, 0.1) is 5.41 Å². The summed E-state index contributed by atoms with van der Waals surface area (Å²) >= 11 is 0. The Morgan fingerprint density at radius 1 is 1.11 bits per heavy atom. The van der Waals surface area contributed by atoms with E-state index >= 15 is 0 Å². The second-order valence-corrected chi connectivity index (χ2v) is 1.60. The normalized spacial score (nSPS) is 16.9. The van der Waals surface area contributed by atoms with Gasteiger partial charge in [-0.3, -0.25) is 0 Å². The Labute approximate surface area is 54.1 Å². The molecule has 0 aliphatic carbocycles. The smallest absolute Gasteiger partial charge is 0.231 e. The summed E-state index contributed by atoms with van der Waals surface area (Å²) in [6, 6.07) is 0. The molecule has 1 heterocycles. The topological polar surface area (TPSA) is 65.0 Å². The highest BCUT2D eigenvalue weighted by Crippen LogP contribution is 1.65. The molecule has 0 saturated carbocycles. The van der Waals surface area contributed by atoms with Crippen molar-refractivity contribution in [3.63, 3.8) is 0 Å². The maximum Gasteiger partial charge on any atom is 0.231 e. The standard InChI is InChI=1S/C4H10N2.CHNO/c1-2-6-4-3-5-1;2-1-3/h5-6H,1-4H2;2H. The van der Waals surface area contributed by atoms with Gasteiger partial charge in [-0.1, -0.05) is 0 Å². The molecule has 0 aromatic heterocycles. The number of isocyanates is 1. The molecule has 0 radical (unpaired) electrons. The molecule has 0 aromatic carbocycles. The van der Waals surface area contributed by atoms with Crippen LogP contribution in [0.3, 0.4) is 0 Å². The van der Waals surface area contributed by atoms with Crippen LogP contribution in [-0.4, -0.2) is 32.3 Å². The summed E-state index contributed by atoms with van der Waals surface area (Å²) in [5, 5.41) is 11.8. The van der Waals surface area contributed by atoms with Crippen LogP contribution in [0.1, 0.15) is 0 Å². The quantitative estimate of drug-likeness (QED) is 0.293. The molecule has 3 N–H and O–H groups in total. The van der Waals surface area contributed by atoms with E-state index in [4.69, 9.17) is 10.2 Å². The van der Waals surface area contributed by atoms with Crippen LogP contribution < -0.4 is 10.6 Å². The molecule has 0 amide bonds. The van der Waals surface area contributed by atoms with E-state index in [0.717, 1.165) is 32.3 Å². The molecule has 4 heteroatoms. The summed E-state index contributed by atoms with van der Waals surface area (Å²) in [6.07, 6.45) is 0.750. The molecule has 0 bridgehead atoms. The molecule has 4 nitrogen and oxygen atoms in total. The van der Waals surface area contributed by atoms with Crippen LogP contribution in [0.15, 0.2) is 0 Å². The first kappa shape index (κ1) is 8.30. The van der Waals surface area contributed by atoms with E-state index in [-0.39, 0.29) is 0 Å². The second-order valence-electron chi connectivity index (χ2n) is 1.60. The third-order valence-electron chi connectivity index (χ3n) is 0.957. The molecule has 0 atom stereocenters. The Bertz CT molecular complexity index is 72.7. The summed E-state index contributed by atoms with van der Waals surface area (Å²) in [7, 11) is 0. The average Bonchev–Trinajstić information content (AvgIpc) is 1.93. The van der Waals surface area contributed by atoms with E-state index in [0.29, 0.717) is 0 Å². The van der Waals surface area contributed by atoms with Crippen molar-refractivity contribution in [2.75, 3.05) is 26.2 Å². The van der Waals surface area contributed by atoms with Gasteiger partial charge in [0.2, 0.25) is 6.08 Å². The lowest BCUT2D eigenvalue weighted by atomic mass is 10.4. The Kier molecular flexibility index (Phi) is 6.73. The van der Waals surface area contributed by atoms with Crippen LogP contribution in [0.25, 0.3) is 0 Å². The summed E-state index contributed by atoms with van der Waals surface area (Å²) in [5.41, 5.74) is 0. The Morgan fingerprint density at radius 3 is 1.44 bits per heavy atom. The molecule has 0 aromatic rings. The van der Waals surface area contributed by atoms with E-state index in [1.807, 2.05) is 0 Å². The lowest BCUT2D eigenvalue weighted by Crippen LogP contribution is -2.39. The molecule has 52 valence electrons. The van der Waals surface area contributed by atoms with Gasteiger partial charge in [-0.2, -0.15) is 0 Å². The molecule has 1 fully saturated rings. The zero-order valence-electron chi connectivity index (χ0n) is 5.24. The van der Waals surface area contributed by atoms with Gasteiger partial charge in [0.05, 0.1) is 0 Å². The SMILES string of the molecule is C1CNCCN1.N=C=O. The van der Waals surface area contributed by atoms with Gasteiger partial charge in [-0.25, -0.2) is 10.2 Å². The van der Waals surface area contributed by atoms with Crippen LogP contribution >= 0.6 is 0 Å². The van der Waals surface area contributed by atoms with Crippen molar-refractivity contribution in [1.29, 1.82) is 5.41 Å². The number of rotatable bonds is 0. The molecule has 1 aliphatic heterocycles. The predicted molar refractivity (Wildman–Crippen MR) is 34.2 cm³/mol. The summed E-state index contributed by atoms with van der Waals surface area (Å²) < 4.78 is 0. The minimum atomic E-state index is 0.750. The third kappa shape index (κ3) is 7.30. The fraction of sp³-hybridized carbons (Fsp3) is 0.800. The fourth-order valence-corrected chi connectivity index (χ4v) is 0.604.